The number of likely N-dealkylation sites (N-methyl/N-ethyl adjacent to an activating group) is 1. The molecule has 0 unspecified atom stereocenters. The Kier molecular flexibility index (Phi) is 5.87. The van der Waals surface area contributed by atoms with Crippen LogP contribution in [0.15, 0.2) is 54.6 Å². The van der Waals surface area contributed by atoms with E-state index in [9.17, 15) is 10.1 Å². The van der Waals surface area contributed by atoms with Crippen LogP contribution in [0.5, 0.6) is 0 Å². The van der Waals surface area contributed by atoms with E-state index >= 15 is 0 Å². The smallest absolute Gasteiger partial charge is 0.243 e. The Morgan fingerprint density at radius 3 is 2.33 bits per heavy atom. The van der Waals surface area contributed by atoms with Crippen LogP contribution in [0, 0.1) is 11.3 Å². The summed E-state index contributed by atoms with van der Waals surface area (Å²) in [5.41, 5.74) is 2.84. The predicted molar refractivity (Wildman–Crippen MR) is 116 cm³/mol. The van der Waals surface area contributed by atoms with Crippen molar-refractivity contribution in [3.8, 4) is 6.07 Å². The molecule has 2 aromatic carbocycles. The highest BCUT2D eigenvalue weighted by Gasteiger charge is 2.29. The Labute approximate surface area is 176 Å². The largest absolute Gasteiger partial charge is 0.352 e. The molecule has 4 rings (SSSR count). The number of nitrogens with one attached hydrogen (secondary N) is 1. The summed E-state index contributed by atoms with van der Waals surface area (Å²) in [5.74, 6) is -0.759. The fourth-order valence-corrected chi connectivity index (χ4v) is 3.58. The van der Waals surface area contributed by atoms with Crippen molar-refractivity contribution in [3.63, 3.8) is 0 Å². The minimum absolute atomic E-state index is 0.360. The highest BCUT2D eigenvalue weighted by molar-refractivity contribution is 5.88. The summed E-state index contributed by atoms with van der Waals surface area (Å²) in [6.07, 6.45) is 0. The van der Waals surface area contributed by atoms with E-state index in [0.29, 0.717) is 23.6 Å². The second kappa shape index (κ2) is 8.89. The molecule has 3 aromatic rings. The molecule has 7 nitrogen and oxygen atoms in total. The molecule has 1 aliphatic rings. The number of hydrogen-bond acceptors (Lipinski definition) is 6. The molecule has 0 bridgehead atoms. The first-order chi connectivity index (χ1) is 14.7. The number of benzene rings is 2. The lowest BCUT2D eigenvalue weighted by Gasteiger charge is -2.34. The summed E-state index contributed by atoms with van der Waals surface area (Å²) in [5, 5.41) is 12.8. The van der Waals surface area contributed by atoms with Crippen LogP contribution in [0.3, 0.4) is 0 Å². The maximum atomic E-state index is 12.9. The van der Waals surface area contributed by atoms with Gasteiger partial charge in [0.2, 0.25) is 5.91 Å². The number of piperazine rings is 1. The van der Waals surface area contributed by atoms with Crippen LogP contribution in [-0.2, 0) is 11.3 Å². The van der Waals surface area contributed by atoms with Crippen LogP contribution in [0.1, 0.15) is 17.2 Å². The molecule has 2 heterocycles. The maximum absolute atomic E-state index is 12.9. The van der Waals surface area contributed by atoms with Crippen LogP contribution in [0.4, 0.5) is 5.82 Å². The van der Waals surface area contributed by atoms with E-state index in [0.717, 1.165) is 37.3 Å². The van der Waals surface area contributed by atoms with Gasteiger partial charge in [0.25, 0.3) is 0 Å². The van der Waals surface area contributed by atoms with Crippen LogP contribution in [0.25, 0.3) is 11.0 Å². The fourth-order valence-electron chi connectivity index (χ4n) is 3.58. The van der Waals surface area contributed by atoms with Crippen molar-refractivity contribution in [2.24, 2.45) is 0 Å². The summed E-state index contributed by atoms with van der Waals surface area (Å²) >= 11 is 0. The van der Waals surface area contributed by atoms with E-state index in [-0.39, 0.29) is 5.91 Å². The Bertz CT molecular complexity index is 1070. The Morgan fingerprint density at radius 1 is 1.03 bits per heavy atom. The van der Waals surface area contributed by atoms with E-state index in [1.54, 1.807) is 0 Å². The molecular formula is C23H24N6O. The van der Waals surface area contributed by atoms with Gasteiger partial charge in [-0.1, -0.05) is 42.5 Å². The van der Waals surface area contributed by atoms with Crippen LogP contribution < -0.4 is 10.2 Å². The molecule has 0 radical (unpaired) electrons. The first-order valence-electron chi connectivity index (χ1n) is 10.1. The summed E-state index contributed by atoms with van der Waals surface area (Å²) in [6, 6.07) is 19.4. The number of nitriles is 1. The fraction of sp³-hybridized carbons (Fsp3) is 0.304. The first-order valence-corrected chi connectivity index (χ1v) is 10.1. The molecule has 1 N–H and O–H groups in total. The van der Waals surface area contributed by atoms with Gasteiger partial charge in [-0.05, 0) is 24.7 Å². The standard InChI is InChI=1S/C23H24N6O/c1-28-11-13-29(14-12-28)22-21(26-19-9-5-6-10-20(19)27-22)18(15-24)23(30)25-16-17-7-3-2-4-8-17/h2-10,18H,11-14,16H2,1H3,(H,25,30)/t18-/m0/s1. The van der Waals surface area contributed by atoms with Gasteiger partial charge in [-0.15, -0.1) is 0 Å². The number of aromatic nitrogens is 2. The molecule has 1 fully saturated rings. The highest BCUT2D eigenvalue weighted by atomic mass is 16.1. The number of para-hydroxylation sites is 2. The minimum atomic E-state index is -1.03. The van der Waals surface area contributed by atoms with E-state index in [1.807, 2.05) is 54.6 Å². The molecule has 1 amide bonds. The number of carbonyl (C=O) groups is 1. The van der Waals surface area contributed by atoms with Crippen molar-refractivity contribution in [1.29, 1.82) is 5.26 Å². The minimum Gasteiger partial charge on any atom is -0.352 e. The second-order valence-corrected chi connectivity index (χ2v) is 7.48. The van der Waals surface area contributed by atoms with Crippen molar-refractivity contribution >= 4 is 22.8 Å². The molecule has 1 atom stereocenters. The summed E-state index contributed by atoms with van der Waals surface area (Å²) in [6.45, 7) is 3.71. The Morgan fingerprint density at radius 2 is 1.67 bits per heavy atom. The molecule has 0 saturated carbocycles. The zero-order valence-electron chi connectivity index (χ0n) is 17.0. The molecule has 0 aliphatic carbocycles. The highest BCUT2D eigenvalue weighted by Crippen LogP contribution is 2.28. The molecule has 1 saturated heterocycles. The Balaban J connectivity index is 1.66. The van der Waals surface area contributed by atoms with E-state index in [1.165, 1.54) is 0 Å². The quantitative estimate of drug-likeness (QED) is 0.707. The molecule has 1 aromatic heterocycles. The lowest BCUT2D eigenvalue weighted by atomic mass is 10.0. The van der Waals surface area contributed by atoms with Crippen LogP contribution >= 0.6 is 0 Å². The maximum Gasteiger partial charge on any atom is 0.243 e. The topological polar surface area (TPSA) is 85.2 Å². The average Bonchev–Trinajstić information content (AvgIpc) is 2.79. The van der Waals surface area contributed by atoms with Gasteiger partial charge < -0.3 is 15.1 Å². The molecule has 152 valence electrons. The molecule has 7 heteroatoms. The van der Waals surface area contributed by atoms with E-state index in [2.05, 4.69) is 28.2 Å². The number of hydrogen-bond donors (Lipinski definition) is 1. The van der Waals surface area contributed by atoms with Crippen LogP contribution in [0.2, 0.25) is 0 Å². The second-order valence-electron chi connectivity index (χ2n) is 7.48. The van der Waals surface area contributed by atoms with Crippen molar-refractivity contribution in [3.05, 3.63) is 65.9 Å². The predicted octanol–water partition coefficient (Wildman–Crippen LogP) is 2.31. The first kappa shape index (κ1) is 19.8. The number of amides is 1. The lowest BCUT2D eigenvalue weighted by Crippen LogP contribution is -2.45. The van der Waals surface area contributed by atoms with Crippen molar-refractivity contribution in [2.45, 2.75) is 12.5 Å². The summed E-state index contributed by atoms with van der Waals surface area (Å²) in [4.78, 5) is 26.8. The average molecular weight is 400 g/mol. The monoisotopic (exact) mass is 400 g/mol. The van der Waals surface area contributed by atoms with Crippen molar-refractivity contribution in [1.82, 2.24) is 20.2 Å². The third-order valence-corrected chi connectivity index (χ3v) is 5.36. The van der Waals surface area contributed by atoms with E-state index in [4.69, 9.17) is 9.97 Å². The van der Waals surface area contributed by atoms with Crippen molar-refractivity contribution < 1.29 is 4.79 Å². The number of carbonyl (C=O) groups excluding carboxylic acids is 1. The van der Waals surface area contributed by atoms with Gasteiger partial charge >= 0.3 is 0 Å². The normalized spacial score (nSPS) is 15.5. The van der Waals surface area contributed by atoms with E-state index < -0.39 is 5.92 Å². The zero-order chi connectivity index (χ0) is 20.9. The van der Waals surface area contributed by atoms with Gasteiger partial charge in [0.15, 0.2) is 11.7 Å². The third-order valence-electron chi connectivity index (χ3n) is 5.36. The van der Waals surface area contributed by atoms with Gasteiger partial charge in [0.05, 0.1) is 17.1 Å². The number of nitrogens with zero attached hydrogens (tertiary/aromatic N) is 5. The van der Waals surface area contributed by atoms with Crippen LogP contribution in [-0.4, -0.2) is 54.0 Å². The lowest BCUT2D eigenvalue weighted by molar-refractivity contribution is -0.121. The van der Waals surface area contributed by atoms with Gasteiger partial charge in [0, 0.05) is 32.7 Å². The van der Waals surface area contributed by atoms with Crippen molar-refractivity contribution in [2.75, 3.05) is 38.1 Å². The SMILES string of the molecule is CN1CCN(c2nc3ccccc3nc2[C@H](C#N)C(=O)NCc2ccccc2)CC1. The molecule has 0 spiro atoms. The number of rotatable bonds is 5. The summed E-state index contributed by atoms with van der Waals surface area (Å²) < 4.78 is 0. The molecule has 1 aliphatic heterocycles. The molecule has 30 heavy (non-hydrogen) atoms. The van der Waals surface area contributed by atoms with Gasteiger partial charge in [-0.2, -0.15) is 5.26 Å². The van der Waals surface area contributed by atoms with Gasteiger partial charge in [-0.25, -0.2) is 9.97 Å². The number of fused-ring (bicyclic) bond motifs is 1. The Hall–Kier alpha value is -3.50. The zero-order valence-corrected chi connectivity index (χ0v) is 17.0. The number of anilines is 1. The third kappa shape index (κ3) is 4.24. The summed E-state index contributed by atoms with van der Waals surface area (Å²) in [7, 11) is 2.08. The molecular weight excluding hydrogens is 376 g/mol. The van der Waals surface area contributed by atoms with Gasteiger partial charge in [0.1, 0.15) is 5.69 Å². The van der Waals surface area contributed by atoms with Gasteiger partial charge in [-0.3, -0.25) is 4.79 Å².